The second-order valence-corrected chi connectivity index (χ2v) is 2.33. The van der Waals surface area contributed by atoms with Crippen molar-refractivity contribution in [3.05, 3.63) is 0 Å². The fraction of sp³-hybridized carbons (Fsp3) is 1.00. The van der Waals surface area contributed by atoms with Crippen molar-refractivity contribution in [2.45, 2.75) is 24.9 Å². The Hall–Kier alpha value is -0.0800. The van der Waals surface area contributed by atoms with Gasteiger partial charge in [-0.25, -0.2) is 0 Å². The Balaban J connectivity index is 2.29. The summed E-state index contributed by atoms with van der Waals surface area (Å²) in [6, 6.07) is 0. The minimum Gasteiger partial charge on any atom is -0.384 e. The van der Waals surface area contributed by atoms with Gasteiger partial charge in [0.05, 0.1) is 0 Å². The molecule has 1 rings (SSSR count). The fourth-order valence-corrected chi connectivity index (χ4v) is 0.835. The van der Waals surface area contributed by atoms with Crippen molar-refractivity contribution in [2.24, 2.45) is 0 Å². The molecule has 0 aromatic rings. The van der Waals surface area contributed by atoms with Crippen LogP contribution in [0.4, 0.5) is 0 Å². The monoisotopic (exact) mass is 102 g/mol. The zero-order valence-corrected chi connectivity index (χ0v) is 4.48. The van der Waals surface area contributed by atoms with Gasteiger partial charge in [0.25, 0.3) is 0 Å². The number of hydrogen-bond acceptors (Lipinski definition) is 1. The Kier molecular flexibility index (Phi) is 1.05. The van der Waals surface area contributed by atoms with Gasteiger partial charge in [0, 0.05) is 0 Å². The first kappa shape index (κ1) is 5.06. The summed E-state index contributed by atoms with van der Waals surface area (Å²) in [5, 5.41) is 9.16. The first-order chi connectivity index (χ1) is 3.27. The third kappa shape index (κ3) is 0.763. The highest BCUT2D eigenvalue weighted by atomic mass is 16.3. The van der Waals surface area contributed by atoms with Gasteiger partial charge in [0.2, 0.25) is 0 Å². The van der Waals surface area contributed by atoms with Crippen molar-refractivity contribution >= 4 is 0 Å². The van der Waals surface area contributed by atoms with Crippen molar-refractivity contribution in [1.29, 1.82) is 0 Å². The average Bonchev–Trinajstić information content (AvgIpc) is 1.61. The standard InChI is InChI=1S/C5H11NO/c6-4-5(7)2-1-3-5/h7H,1-4,6H2/p+1. The van der Waals surface area contributed by atoms with Gasteiger partial charge in [-0.1, -0.05) is 0 Å². The van der Waals surface area contributed by atoms with E-state index in [4.69, 9.17) is 5.11 Å². The Morgan fingerprint density at radius 3 is 2.14 bits per heavy atom. The molecule has 2 heteroatoms. The van der Waals surface area contributed by atoms with Crippen LogP contribution in [-0.2, 0) is 0 Å². The number of aliphatic hydroxyl groups is 1. The summed E-state index contributed by atoms with van der Waals surface area (Å²) in [6.45, 7) is 0.688. The van der Waals surface area contributed by atoms with Crippen LogP contribution >= 0.6 is 0 Å². The molecule has 0 heterocycles. The van der Waals surface area contributed by atoms with E-state index >= 15 is 0 Å². The molecule has 0 aromatic heterocycles. The van der Waals surface area contributed by atoms with Crippen molar-refractivity contribution < 1.29 is 10.8 Å². The van der Waals surface area contributed by atoms with Crippen LogP contribution < -0.4 is 5.73 Å². The molecule has 0 aliphatic heterocycles. The molecule has 0 amide bonds. The molecule has 2 nitrogen and oxygen atoms in total. The van der Waals surface area contributed by atoms with Gasteiger partial charge < -0.3 is 10.8 Å². The minimum absolute atomic E-state index is 0.347. The van der Waals surface area contributed by atoms with E-state index in [9.17, 15) is 0 Å². The summed E-state index contributed by atoms with van der Waals surface area (Å²) in [5.74, 6) is 0. The van der Waals surface area contributed by atoms with Gasteiger partial charge in [-0.3, -0.25) is 0 Å². The van der Waals surface area contributed by atoms with Gasteiger partial charge >= 0.3 is 0 Å². The van der Waals surface area contributed by atoms with Crippen LogP contribution in [0.15, 0.2) is 0 Å². The van der Waals surface area contributed by atoms with Crippen LogP contribution in [0.3, 0.4) is 0 Å². The van der Waals surface area contributed by atoms with Gasteiger partial charge in [-0.05, 0) is 19.3 Å². The topological polar surface area (TPSA) is 47.9 Å². The third-order valence-corrected chi connectivity index (χ3v) is 1.75. The fourth-order valence-electron chi connectivity index (χ4n) is 0.835. The maximum absolute atomic E-state index is 9.16. The van der Waals surface area contributed by atoms with Crippen LogP contribution in [0.5, 0.6) is 0 Å². The summed E-state index contributed by atoms with van der Waals surface area (Å²) < 4.78 is 0. The Morgan fingerprint density at radius 2 is 2.14 bits per heavy atom. The zero-order chi connectivity index (χ0) is 5.33. The molecule has 0 spiro atoms. The van der Waals surface area contributed by atoms with Crippen LogP contribution in [0.25, 0.3) is 0 Å². The van der Waals surface area contributed by atoms with E-state index in [0.717, 1.165) is 12.8 Å². The maximum Gasteiger partial charge on any atom is 0.113 e. The van der Waals surface area contributed by atoms with Crippen LogP contribution in [0.1, 0.15) is 19.3 Å². The molecule has 7 heavy (non-hydrogen) atoms. The van der Waals surface area contributed by atoms with Crippen molar-refractivity contribution in [3.8, 4) is 0 Å². The summed E-state index contributed by atoms with van der Waals surface area (Å²) in [6.07, 6.45) is 3.12. The quantitative estimate of drug-likeness (QED) is 0.445. The second kappa shape index (κ2) is 1.46. The molecule has 4 N–H and O–H groups in total. The van der Waals surface area contributed by atoms with Gasteiger partial charge in [-0.2, -0.15) is 0 Å². The number of quaternary nitrogens is 1. The molecule has 0 atom stereocenters. The molecule has 1 fully saturated rings. The number of hydrogen-bond donors (Lipinski definition) is 2. The van der Waals surface area contributed by atoms with E-state index < -0.39 is 0 Å². The molecule has 1 aliphatic carbocycles. The van der Waals surface area contributed by atoms with Gasteiger partial charge in [0.15, 0.2) is 0 Å². The van der Waals surface area contributed by atoms with E-state index in [2.05, 4.69) is 5.73 Å². The Bertz CT molecular complexity index is 63.0. The van der Waals surface area contributed by atoms with E-state index in [0.29, 0.717) is 6.54 Å². The first-order valence-corrected chi connectivity index (χ1v) is 2.78. The molecular weight excluding hydrogens is 90.1 g/mol. The Morgan fingerprint density at radius 1 is 1.57 bits per heavy atom. The lowest BCUT2D eigenvalue weighted by Gasteiger charge is -2.32. The van der Waals surface area contributed by atoms with E-state index in [1.54, 1.807) is 0 Å². The molecule has 42 valence electrons. The smallest absolute Gasteiger partial charge is 0.113 e. The highest BCUT2D eigenvalue weighted by Crippen LogP contribution is 2.29. The molecule has 0 radical (unpaired) electrons. The minimum atomic E-state index is -0.347. The van der Waals surface area contributed by atoms with Gasteiger partial charge in [0.1, 0.15) is 12.1 Å². The molecular formula is C5H12NO+. The summed E-state index contributed by atoms with van der Waals surface area (Å²) in [4.78, 5) is 0. The lowest BCUT2D eigenvalue weighted by Crippen LogP contribution is -2.63. The largest absolute Gasteiger partial charge is 0.384 e. The molecule has 0 saturated heterocycles. The van der Waals surface area contributed by atoms with Crippen molar-refractivity contribution in [3.63, 3.8) is 0 Å². The molecule has 1 saturated carbocycles. The predicted octanol–water partition coefficient (Wildman–Crippen LogP) is -0.857. The second-order valence-electron chi connectivity index (χ2n) is 2.33. The van der Waals surface area contributed by atoms with E-state index in [1.165, 1.54) is 6.42 Å². The normalized spacial score (nSPS) is 26.6. The SMILES string of the molecule is [NH3+]CC1(O)CCC1. The van der Waals surface area contributed by atoms with Crippen LogP contribution in [-0.4, -0.2) is 17.3 Å². The number of rotatable bonds is 1. The third-order valence-electron chi connectivity index (χ3n) is 1.75. The maximum atomic E-state index is 9.16. The van der Waals surface area contributed by atoms with Gasteiger partial charge in [-0.15, -0.1) is 0 Å². The highest BCUT2D eigenvalue weighted by Gasteiger charge is 2.34. The lowest BCUT2D eigenvalue weighted by molar-refractivity contribution is -0.407. The Labute approximate surface area is 43.3 Å². The summed E-state index contributed by atoms with van der Waals surface area (Å²) >= 11 is 0. The van der Waals surface area contributed by atoms with Crippen LogP contribution in [0.2, 0.25) is 0 Å². The average molecular weight is 102 g/mol. The lowest BCUT2D eigenvalue weighted by atomic mass is 9.81. The molecule has 1 aliphatic rings. The molecule has 0 aromatic carbocycles. The highest BCUT2D eigenvalue weighted by molar-refractivity contribution is 4.85. The van der Waals surface area contributed by atoms with Crippen molar-refractivity contribution in [1.82, 2.24) is 0 Å². The van der Waals surface area contributed by atoms with Crippen LogP contribution in [0, 0.1) is 0 Å². The van der Waals surface area contributed by atoms with E-state index in [1.807, 2.05) is 0 Å². The first-order valence-electron chi connectivity index (χ1n) is 2.78. The van der Waals surface area contributed by atoms with Crippen molar-refractivity contribution in [2.75, 3.05) is 6.54 Å². The zero-order valence-electron chi connectivity index (χ0n) is 4.48. The molecule has 0 unspecified atom stereocenters. The molecule has 0 bridgehead atoms. The summed E-state index contributed by atoms with van der Waals surface area (Å²) in [7, 11) is 0. The predicted molar refractivity (Wildman–Crippen MR) is 26.6 cm³/mol. The van der Waals surface area contributed by atoms with E-state index in [-0.39, 0.29) is 5.60 Å². The summed E-state index contributed by atoms with van der Waals surface area (Å²) in [5.41, 5.74) is 3.28.